The number of amides is 1. The summed E-state index contributed by atoms with van der Waals surface area (Å²) in [4.78, 5) is 16.2. The van der Waals surface area contributed by atoms with Gasteiger partial charge in [-0.05, 0) is 41.9 Å². The highest BCUT2D eigenvalue weighted by atomic mass is 79.9. The van der Waals surface area contributed by atoms with Crippen molar-refractivity contribution in [1.82, 2.24) is 24.5 Å². The van der Waals surface area contributed by atoms with E-state index in [1.807, 2.05) is 13.8 Å². The van der Waals surface area contributed by atoms with Crippen LogP contribution in [-0.2, 0) is 17.9 Å². The van der Waals surface area contributed by atoms with Gasteiger partial charge in [0.25, 0.3) is 0 Å². The second-order valence-corrected chi connectivity index (χ2v) is 7.17. The lowest BCUT2D eigenvalue weighted by Crippen LogP contribution is -2.16. The van der Waals surface area contributed by atoms with E-state index in [9.17, 15) is 9.18 Å². The van der Waals surface area contributed by atoms with E-state index < -0.39 is 5.82 Å². The Hall–Kier alpha value is -2.26. The van der Waals surface area contributed by atoms with Gasteiger partial charge < -0.3 is 0 Å². The molecule has 0 aliphatic rings. The third-order valence-corrected chi connectivity index (χ3v) is 5.52. The Morgan fingerprint density at radius 2 is 2.11 bits per heavy atom. The lowest BCUT2D eigenvalue weighted by Gasteiger charge is -2.05. The van der Waals surface area contributed by atoms with Crippen LogP contribution in [-0.4, -0.2) is 30.5 Å². The van der Waals surface area contributed by atoms with Crippen molar-refractivity contribution >= 4 is 39.4 Å². The van der Waals surface area contributed by atoms with E-state index in [0.29, 0.717) is 17.1 Å². The molecule has 1 amide bonds. The molecule has 0 spiro atoms. The second kappa shape index (κ2) is 8.18. The van der Waals surface area contributed by atoms with Crippen molar-refractivity contribution in [3.63, 3.8) is 0 Å². The van der Waals surface area contributed by atoms with Crippen LogP contribution in [0.5, 0.6) is 0 Å². The van der Waals surface area contributed by atoms with Crippen molar-refractivity contribution in [3.05, 3.63) is 56.8 Å². The molecule has 3 aromatic rings. The number of anilines is 1. The molecule has 0 fully saturated rings. The van der Waals surface area contributed by atoms with E-state index in [1.165, 1.54) is 23.1 Å². The first-order chi connectivity index (χ1) is 12.8. The number of carbonyl (C=O) groups excluding carboxylic acids is 1. The number of benzene rings is 1. The minimum absolute atomic E-state index is 0.119. The van der Waals surface area contributed by atoms with Crippen LogP contribution < -0.4 is 5.32 Å². The minimum Gasteiger partial charge on any atom is -0.293 e. The van der Waals surface area contributed by atoms with Crippen LogP contribution >= 0.6 is 27.5 Å². The zero-order valence-electron chi connectivity index (χ0n) is 14.7. The summed E-state index contributed by atoms with van der Waals surface area (Å²) < 4.78 is 18.0. The number of halogens is 3. The first-order valence-corrected chi connectivity index (χ1v) is 9.34. The molecular formula is C17H17BrClFN6O. The average Bonchev–Trinajstić information content (AvgIpc) is 3.16. The van der Waals surface area contributed by atoms with Crippen LogP contribution in [0.15, 0.2) is 29.0 Å². The fourth-order valence-electron chi connectivity index (χ4n) is 2.56. The first kappa shape index (κ1) is 19.5. The van der Waals surface area contributed by atoms with Gasteiger partial charge in [-0.1, -0.05) is 17.7 Å². The van der Waals surface area contributed by atoms with Crippen molar-refractivity contribution in [1.29, 1.82) is 0 Å². The Bertz CT molecular complexity index is 966. The van der Waals surface area contributed by atoms with Gasteiger partial charge in [-0.15, -0.1) is 5.10 Å². The maximum atomic E-state index is 13.9. The van der Waals surface area contributed by atoms with Gasteiger partial charge in [-0.25, -0.2) is 14.1 Å². The predicted molar refractivity (Wildman–Crippen MR) is 103 cm³/mol. The number of nitrogens with zero attached hydrogens (tertiary/aromatic N) is 5. The van der Waals surface area contributed by atoms with E-state index >= 15 is 0 Å². The molecule has 0 unspecified atom stereocenters. The number of aryl methyl sites for hydroxylation is 2. The highest BCUT2D eigenvalue weighted by Crippen LogP contribution is 2.21. The first-order valence-electron chi connectivity index (χ1n) is 8.17. The smallest absolute Gasteiger partial charge is 0.248 e. The molecule has 0 aliphatic carbocycles. The SMILES string of the molecule is Cc1nn(CCC(=O)Nc2ncn(Cc3c(F)cccc3Cl)n2)c(C)c1Br. The number of hydrogen-bond acceptors (Lipinski definition) is 4. The van der Waals surface area contributed by atoms with Crippen LogP contribution in [0, 0.1) is 19.7 Å². The third kappa shape index (κ3) is 4.54. The Kier molecular flexibility index (Phi) is 5.91. The van der Waals surface area contributed by atoms with Crippen LogP contribution in [0.2, 0.25) is 5.02 Å². The van der Waals surface area contributed by atoms with Crippen molar-refractivity contribution in [2.75, 3.05) is 5.32 Å². The summed E-state index contributed by atoms with van der Waals surface area (Å²) in [5.41, 5.74) is 2.15. The molecule has 7 nitrogen and oxygen atoms in total. The molecule has 0 aliphatic heterocycles. The number of carbonyl (C=O) groups is 1. The summed E-state index contributed by atoms with van der Waals surface area (Å²) in [5.74, 6) is -0.498. The van der Waals surface area contributed by atoms with Gasteiger partial charge in [0.15, 0.2) is 0 Å². The molecule has 0 saturated heterocycles. The molecule has 2 aromatic heterocycles. The van der Waals surface area contributed by atoms with Crippen LogP contribution in [0.1, 0.15) is 23.4 Å². The molecule has 2 heterocycles. The van der Waals surface area contributed by atoms with E-state index in [4.69, 9.17) is 11.6 Å². The highest BCUT2D eigenvalue weighted by molar-refractivity contribution is 9.10. The van der Waals surface area contributed by atoms with Crippen molar-refractivity contribution in [2.24, 2.45) is 0 Å². The maximum Gasteiger partial charge on any atom is 0.248 e. The Morgan fingerprint density at radius 3 is 2.78 bits per heavy atom. The summed E-state index contributed by atoms with van der Waals surface area (Å²) in [6.45, 7) is 4.38. The highest BCUT2D eigenvalue weighted by Gasteiger charge is 2.13. The largest absolute Gasteiger partial charge is 0.293 e. The average molecular weight is 456 g/mol. The number of rotatable bonds is 6. The van der Waals surface area contributed by atoms with Gasteiger partial charge in [-0.3, -0.25) is 14.8 Å². The molecule has 0 saturated carbocycles. The molecule has 0 radical (unpaired) electrons. The molecule has 1 aromatic carbocycles. The van der Waals surface area contributed by atoms with E-state index in [-0.39, 0.29) is 24.8 Å². The van der Waals surface area contributed by atoms with Gasteiger partial charge >= 0.3 is 0 Å². The van der Waals surface area contributed by atoms with Gasteiger partial charge in [0.1, 0.15) is 12.1 Å². The number of hydrogen-bond donors (Lipinski definition) is 1. The van der Waals surface area contributed by atoms with E-state index in [1.54, 1.807) is 10.7 Å². The third-order valence-electron chi connectivity index (χ3n) is 4.01. The van der Waals surface area contributed by atoms with Crippen LogP contribution in [0.25, 0.3) is 0 Å². The zero-order valence-corrected chi connectivity index (χ0v) is 17.1. The predicted octanol–water partition coefficient (Wildman–Crippen LogP) is 3.72. The monoisotopic (exact) mass is 454 g/mol. The van der Waals surface area contributed by atoms with Gasteiger partial charge in [0.05, 0.1) is 23.3 Å². The molecule has 3 rings (SSSR count). The molecule has 142 valence electrons. The summed E-state index contributed by atoms with van der Waals surface area (Å²) in [5, 5.41) is 11.4. The molecule has 10 heteroatoms. The quantitative estimate of drug-likeness (QED) is 0.614. The van der Waals surface area contributed by atoms with Crippen molar-refractivity contribution < 1.29 is 9.18 Å². The molecule has 0 bridgehead atoms. The molecule has 1 N–H and O–H groups in total. The van der Waals surface area contributed by atoms with Crippen LogP contribution in [0.3, 0.4) is 0 Å². The van der Waals surface area contributed by atoms with Crippen LogP contribution in [0.4, 0.5) is 10.3 Å². The number of nitrogens with one attached hydrogen (secondary N) is 1. The summed E-state index contributed by atoms with van der Waals surface area (Å²) in [6.07, 6.45) is 1.64. The van der Waals surface area contributed by atoms with E-state index in [0.717, 1.165) is 15.9 Å². The van der Waals surface area contributed by atoms with Gasteiger partial charge in [0.2, 0.25) is 11.9 Å². The maximum absolute atomic E-state index is 13.9. The summed E-state index contributed by atoms with van der Waals surface area (Å²) in [7, 11) is 0. The summed E-state index contributed by atoms with van der Waals surface area (Å²) in [6, 6.07) is 4.48. The molecular weight excluding hydrogens is 439 g/mol. The topological polar surface area (TPSA) is 77.6 Å². The van der Waals surface area contributed by atoms with Gasteiger partial charge in [0, 0.05) is 22.7 Å². The van der Waals surface area contributed by atoms with Crippen molar-refractivity contribution in [2.45, 2.75) is 33.4 Å². The Balaban J connectivity index is 1.58. The van der Waals surface area contributed by atoms with E-state index in [2.05, 4.69) is 36.4 Å². The lowest BCUT2D eigenvalue weighted by atomic mass is 10.2. The van der Waals surface area contributed by atoms with Gasteiger partial charge in [-0.2, -0.15) is 5.10 Å². The standard InChI is InChI=1S/C17H17BrClFN6O/c1-10-16(18)11(2)26(23-10)7-6-15(27)22-17-21-9-25(24-17)8-12-13(19)4-3-5-14(12)20/h3-5,9H,6-8H2,1-2H3,(H,22,24,27). The minimum atomic E-state index is -0.417. The van der Waals surface area contributed by atoms with Crippen molar-refractivity contribution in [3.8, 4) is 0 Å². The molecule has 0 atom stereocenters. The normalized spacial score (nSPS) is 11.0. The Morgan fingerprint density at radius 1 is 1.33 bits per heavy atom. The lowest BCUT2D eigenvalue weighted by molar-refractivity contribution is -0.116. The number of aromatic nitrogens is 5. The fourth-order valence-corrected chi connectivity index (χ4v) is 3.07. The molecule has 27 heavy (non-hydrogen) atoms. The Labute approximate surface area is 168 Å². The summed E-state index contributed by atoms with van der Waals surface area (Å²) >= 11 is 9.47. The zero-order chi connectivity index (χ0) is 19.6. The fraction of sp³-hybridized carbons (Fsp3) is 0.294. The second-order valence-electron chi connectivity index (χ2n) is 5.97.